The Kier molecular flexibility index (Phi) is 17.4. The van der Waals surface area contributed by atoms with Crippen molar-refractivity contribution in [1.82, 2.24) is 39.7 Å². The number of piperazine rings is 2. The van der Waals surface area contributed by atoms with Crippen molar-refractivity contribution in [3.05, 3.63) is 117 Å². The van der Waals surface area contributed by atoms with Gasteiger partial charge in [-0.2, -0.15) is 10.2 Å². The average Bonchev–Trinajstić information content (AvgIpc) is 3.76. The number of amides is 1. The van der Waals surface area contributed by atoms with E-state index in [4.69, 9.17) is 61.0 Å². The lowest BCUT2D eigenvalue weighted by molar-refractivity contribution is -0.138. The Labute approximate surface area is 411 Å². The zero-order chi connectivity index (χ0) is 48.5. The summed E-state index contributed by atoms with van der Waals surface area (Å²) in [4.78, 5) is 39.0. The number of hydrogen-bond acceptors (Lipinski definition) is 11. The number of methoxy groups -OCH3 is 2. The van der Waals surface area contributed by atoms with Crippen LogP contribution in [0.2, 0.25) is 20.1 Å². The lowest BCUT2D eigenvalue weighted by Crippen LogP contribution is -2.58. The highest BCUT2D eigenvalue weighted by Crippen LogP contribution is 2.34. The van der Waals surface area contributed by atoms with E-state index in [1.165, 1.54) is 10.4 Å². The molecule has 356 valence electrons. The van der Waals surface area contributed by atoms with Gasteiger partial charge in [-0.3, -0.25) is 28.9 Å². The molecule has 1 amide bonds. The Bertz CT molecular complexity index is 2630. The number of benzene rings is 2. The summed E-state index contributed by atoms with van der Waals surface area (Å²) in [5.74, 6) is 0.433. The largest absolute Gasteiger partial charge is 0.495 e. The van der Waals surface area contributed by atoms with Crippen LogP contribution in [0.4, 0.5) is 11.4 Å². The molecular formula is C48H56Cl4N10O5. The summed E-state index contributed by atoms with van der Waals surface area (Å²) >= 11 is 24.9. The molecule has 15 nitrogen and oxygen atoms in total. The number of halogens is 4. The van der Waals surface area contributed by atoms with Gasteiger partial charge in [0.2, 0.25) is 5.91 Å². The van der Waals surface area contributed by atoms with Crippen LogP contribution in [0.25, 0.3) is 22.8 Å². The van der Waals surface area contributed by atoms with Crippen LogP contribution in [0.15, 0.2) is 85.2 Å². The second-order valence-electron chi connectivity index (χ2n) is 16.5. The first-order valence-electron chi connectivity index (χ1n) is 21.7. The van der Waals surface area contributed by atoms with E-state index in [-0.39, 0.29) is 31.1 Å². The van der Waals surface area contributed by atoms with Gasteiger partial charge in [-0.1, -0.05) is 58.5 Å². The summed E-state index contributed by atoms with van der Waals surface area (Å²) in [7, 11) is 3.26. The van der Waals surface area contributed by atoms with Crippen LogP contribution in [0, 0.1) is 13.8 Å². The number of nitrogens with zero attached hydrogens (tertiary/aromatic N) is 9. The Morgan fingerprint density at radius 2 is 1.16 bits per heavy atom. The first-order chi connectivity index (χ1) is 32.0. The van der Waals surface area contributed by atoms with E-state index in [1.807, 2.05) is 66.4 Å². The van der Waals surface area contributed by atoms with Gasteiger partial charge in [-0.15, -0.1) is 0 Å². The molecule has 0 radical (unpaired) electrons. The molecule has 0 spiro atoms. The van der Waals surface area contributed by atoms with Crippen LogP contribution < -0.4 is 24.6 Å². The molecule has 2 saturated heterocycles. The van der Waals surface area contributed by atoms with E-state index in [1.54, 1.807) is 50.4 Å². The molecule has 6 heterocycles. The van der Waals surface area contributed by atoms with E-state index in [0.717, 1.165) is 30.2 Å². The number of anilines is 2. The normalized spacial score (nSPS) is 18.1. The molecule has 4 aromatic heterocycles. The molecule has 0 bridgehead atoms. The first-order valence-corrected chi connectivity index (χ1v) is 23.3. The van der Waals surface area contributed by atoms with Crippen molar-refractivity contribution in [2.75, 3.05) is 50.2 Å². The van der Waals surface area contributed by atoms with Crippen molar-refractivity contribution in [1.29, 1.82) is 0 Å². The van der Waals surface area contributed by atoms with Crippen LogP contribution in [0.1, 0.15) is 39.1 Å². The van der Waals surface area contributed by atoms with E-state index < -0.39 is 5.97 Å². The molecule has 8 rings (SSSR count). The van der Waals surface area contributed by atoms with Crippen molar-refractivity contribution in [3.63, 3.8) is 0 Å². The van der Waals surface area contributed by atoms with Gasteiger partial charge in [0.25, 0.3) is 0 Å². The van der Waals surface area contributed by atoms with Crippen LogP contribution in [-0.4, -0.2) is 116 Å². The van der Waals surface area contributed by atoms with Gasteiger partial charge in [0, 0.05) is 86.2 Å². The zero-order valence-electron chi connectivity index (χ0n) is 38.8. The number of pyridine rings is 2. The predicted octanol–water partition coefficient (Wildman–Crippen LogP) is 9.22. The third-order valence-corrected chi connectivity index (χ3v) is 13.2. The molecule has 2 aliphatic heterocycles. The Hall–Kier alpha value is -5.58. The standard InChI is InChI=1S/C24H27Cl2N5O2.C13H19ClN2O.C11H10ClN3O2/c1-15-13-30(16(2)12-29(15)18-8-9-19(25)21(11-18)33-4)22(32)14-31-17(3)23(26)24(28-31)20-7-5-6-10-27-20;1-9-8-16(10(2)7-15-9)11-4-5-12(14)13(6-11)17-3;1-7-10(12)11(8-4-2-3-5-13-8)14-15(7)6-9(16)17/h5-11,15-16H,12-14H2,1-4H3;4-6,9-10,15H,7-8H2,1-3H3;2-5H,6H2,1H3,(H,16,17)/t15-,16+;9-,10+;/m10./s1. The Morgan fingerprint density at radius 1 is 0.672 bits per heavy atom. The average molecular weight is 995 g/mol. The number of nitrogens with one attached hydrogen (secondary N) is 1. The number of carbonyl (C=O) groups is 2. The van der Waals surface area contributed by atoms with Crippen LogP contribution in [-0.2, 0) is 22.7 Å². The summed E-state index contributed by atoms with van der Waals surface area (Å²) in [6.07, 6.45) is 3.33. The summed E-state index contributed by atoms with van der Waals surface area (Å²) in [5.41, 5.74) is 5.98. The summed E-state index contributed by atoms with van der Waals surface area (Å²) < 4.78 is 13.7. The Balaban J connectivity index is 0.000000183. The van der Waals surface area contributed by atoms with Gasteiger partial charge in [-0.25, -0.2) is 0 Å². The number of aromatic nitrogens is 6. The highest BCUT2D eigenvalue weighted by molar-refractivity contribution is 6.34. The highest BCUT2D eigenvalue weighted by atomic mass is 35.5. The molecule has 19 heteroatoms. The lowest BCUT2D eigenvalue weighted by Gasteiger charge is -2.45. The number of carbonyl (C=O) groups excluding carboxylic acids is 1. The van der Waals surface area contributed by atoms with Gasteiger partial charge < -0.3 is 34.6 Å². The quantitative estimate of drug-likeness (QED) is 0.134. The van der Waals surface area contributed by atoms with E-state index in [9.17, 15) is 9.59 Å². The number of ether oxygens (including phenoxy) is 2. The SMILES string of the molecule is COc1cc(N2C[C@H](C)N(C(=O)Cn3nc(-c4ccccn4)c(Cl)c3C)C[C@H]2C)ccc1Cl.COc1cc(N2C[C@H](C)NC[C@H]2C)ccc1Cl.Cc1c(Cl)c(-c2ccccn2)nn1CC(=O)O. The molecule has 4 atom stereocenters. The minimum Gasteiger partial charge on any atom is -0.495 e. The number of aliphatic carboxylic acids is 1. The summed E-state index contributed by atoms with van der Waals surface area (Å²) in [6, 6.07) is 23.8. The van der Waals surface area contributed by atoms with Crippen molar-refractivity contribution in [2.45, 2.75) is 78.8 Å². The molecule has 2 aromatic carbocycles. The predicted molar refractivity (Wildman–Crippen MR) is 266 cm³/mol. The third kappa shape index (κ3) is 12.3. The molecule has 0 unspecified atom stereocenters. The van der Waals surface area contributed by atoms with E-state index in [2.05, 4.69) is 69.0 Å². The molecule has 2 aliphatic rings. The van der Waals surface area contributed by atoms with Crippen molar-refractivity contribution >= 4 is 69.7 Å². The van der Waals surface area contributed by atoms with Crippen molar-refractivity contribution in [2.24, 2.45) is 0 Å². The van der Waals surface area contributed by atoms with Crippen molar-refractivity contribution < 1.29 is 24.2 Å². The van der Waals surface area contributed by atoms with Crippen LogP contribution >= 0.6 is 46.4 Å². The number of rotatable bonds is 10. The maximum absolute atomic E-state index is 13.3. The van der Waals surface area contributed by atoms with Crippen LogP contribution in [0.5, 0.6) is 11.5 Å². The number of carboxylic acid groups (broad SMARTS) is 1. The fraction of sp³-hybridized carbons (Fsp3) is 0.375. The Morgan fingerprint density at radius 3 is 1.63 bits per heavy atom. The fourth-order valence-corrected chi connectivity index (χ4v) is 8.76. The fourth-order valence-electron chi connectivity index (χ4n) is 7.91. The van der Waals surface area contributed by atoms with Crippen molar-refractivity contribution in [3.8, 4) is 34.3 Å². The highest BCUT2D eigenvalue weighted by Gasteiger charge is 2.33. The third-order valence-electron chi connectivity index (χ3n) is 11.7. The summed E-state index contributed by atoms with van der Waals surface area (Å²) in [6.45, 7) is 15.4. The molecule has 67 heavy (non-hydrogen) atoms. The number of carboxylic acids is 1. The summed E-state index contributed by atoms with van der Waals surface area (Å²) in [5, 5.41) is 23.2. The monoisotopic (exact) mass is 992 g/mol. The van der Waals surface area contributed by atoms with Gasteiger partial charge in [-0.05, 0) is 90.1 Å². The lowest BCUT2D eigenvalue weighted by atomic mass is 10.1. The molecule has 0 saturated carbocycles. The molecule has 2 N–H and O–H groups in total. The topological polar surface area (TPSA) is 156 Å². The van der Waals surface area contributed by atoms with Gasteiger partial charge in [0.15, 0.2) is 0 Å². The zero-order valence-corrected chi connectivity index (χ0v) is 41.8. The second kappa shape index (κ2) is 22.9. The van der Waals surface area contributed by atoms with Gasteiger partial charge in [0.05, 0.1) is 57.1 Å². The smallest absolute Gasteiger partial charge is 0.325 e. The minimum absolute atomic E-state index is 0.0116. The first kappa shape index (κ1) is 50.8. The maximum atomic E-state index is 13.3. The molecule has 2 fully saturated rings. The second-order valence-corrected chi connectivity index (χ2v) is 18.1. The van der Waals surface area contributed by atoms with E-state index >= 15 is 0 Å². The van der Waals surface area contributed by atoms with Gasteiger partial charge >= 0.3 is 5.97 Å². The van der Waals surface area contributed by atoms with E-state index in [0.29, 0.717) is 79.5 Å². The molecule has 6 aromatic rings. The minimum atomic E-state index is -0.958. The number of hydrogen-bond donors (Lipinski definition) is 2. The van der Waals surface area contributed by atoms with Crippen LogP contribution in [0.3, 0.4) is 0 Å². The molecular weight excluding hydrogens is 938 g/mol. The molecule has 0 aliphatic carbocycles. The van der Waals surface area contributed by atoms with Gasteiger partial charge in [0.1, 0.15) is 36.0 Å². The maximum Gasteiger partial charge on any atom is 0.325 e.